The van der Waals surface area contributed by atoms with Gasteiger partial charge in [0.1, 0.15) is 6.61 Å². The number of ether oxygens (including phenoxy) is 1. The van der Waals surface area contributed by atoms with Gasteiger partial charge < -0.3 is 4.74 Å². The van der Waals surface area contributed by atoms with Gasteiger partial charge in [0.25, 0.3) is 0 Å². The third kappa shape index (κ3) is 5.88. The lowest BCUT2D eigenvalue weighted by atomic mass is 10.8. The molecule has 0 aliphatic heterocycles. The van der Waals surface area contributed by atoms with Crippen molar-refractivity contribution in [3.05, 3.63) is 0 Å². The molecule has 0 bridgehead atoms. The van der Waals surface area contributed by atoms with Crippen molar-refractivity contribution in [3.63, 3.8) is 0 Å². The second kappa shape index (κ2) is 5.88. The summed E-state index contributed by atoms with van der Waals surface area (Å²) in [4.78, 5) is 8.71. The molecule has 0 saturated carbocycles. The zero-order chi connectivity index (χ0) is 5.54. The van der Waals surface area contributed by atoms with Crippen molar-refractivity contribution in [1.29, 1.82) is 0 Å². The second-order valence-electron chi connectivity index (χ2n) is 0.981. The van der Waals surface area contributed by atoms with Gasteiger partial charge in [-0.3, -0.25) is 0 Å². The third-order valence-corrected chi connectivity index (χ3v) is 0.489. The molecule has 0 aromatic heterocycles. The summed E-state index contributed by atoms with van der Waals surface area (Å²) in [5, 5.41) is 0. The average Bonchev–Trinajstić information content (AvgIpc) is 1.69. The summed E-state index contributed by atoms with van der Waals surface area (Å²) < 4.78 is 4.64. The first-order valence-electron chi connectivity index (χ1n) is 2.06. The van der Waals surface area contributed by atoms with Gasteiger partial charge in [-0.25, -0.2) is 9.78 Å². The van der Waals surface area contributed by atoms with Gasteiger partial charge in [-0.1, -0.05) is 0 Å². The zero-order valence-corrected chi connectivity index (χ0v) is 4.64. The highest BCUT2D eigenvalue weighted by Gasteiger charge is 1.79. The van der Waals surface area contributed by atoms with Gasteiger partial charge in [0.15, 0.2) is 0 Å². The van der Waals surface area contributed by atoms with Crippen LogP contribution in [0.25, 0.3) is 0 Å². The maximum absolute atomic E-state index is 4.64. The van der Waals surface area contributed by atoms with Crippen LogP contribution < -0.4 is 0 Å². The van der Waals surface area contributed by atoms with Crippen LogP contribution in [0.2, 0.25) is 0 Å². The monoisotopic (exact) mass is 106 g/mol. The molecule has 0 amide bonds. The molecule has 0 saturated heterocycles. The zero-order valence-electron chi connectivity index (χ0n) is 4.64. The molecular formula is C4H10O3. The highest BCUT2D eigenvalue weighted by atomic mass is 17.2. The number of hydrogen-bond acceptors (Lipinski definition) is 3. The van der Waals surface area contributed by atoms with E-state index < -0.39 is 0 Å². The van der Waals surface area contributed by atoms with Crippen molar-refractivity contribution < 1.29 is 14.5 Å². The fourth-order valence-electron chi connectivity index (χ4n) is 0.201. The molecule has 0 fully saturated rings. The van der Waals surface area contributed by atoms with Crippen LogP contribution in [-0.2, 0) is 14.5 Å². The Bertz CT molecular complexity index is 26.1. The minimum atomic E-state index is 0.493. The summed E-state index contributed by atoms with van der Waals surface area (Å²) in [6.45, 7) is 1.07. The van der Waals surface area contributed by atoms with Gasteiger partial charge in [0, 0.05) is 7.11 Å². The largest absolute Gasteiger partial charge is 0.382 e. The molecule has 0 aliphatic rings. The van der Waals surface area contributed by atoms with Crippen LogP contribution in [0.15, 0.2) is 0 Å². The molecule has 0 spiro atoms. The standard InChI is InChI=1S/C4H10O3/c1-5-3-4-7-6-2/h3-4H2,1-2H3. The number of methoxy groups -OCH3 is 1. The summed E-state index contributed by atoms with van der Waals surface area (Å²) >= 11 is 0. The lowest BCUT2D eigenvalue weighted by Gasteiger charge is -1.95. The van der Waals surface area contributed by atoms with Gasteiger partial charge in [-0.2, -0.15) is 0 Å². The van der Waals surface area contributed by atoms with Crippen molar-refractivity contribution in [1.82, 2.24) is 0 Å². The Kier molecular flexibility index (Phi) is 5.78. The van der Waals surface area contributed by atoms with Crippen LogP contribution >= 0.6 is 0 Å². The molecule has 0 atom stereocenters. The van der Waals surface area contributed by atoms with E-state index in [2.05, 4.69) is 14.5 Å². The van der Waals surface area contributed by atoms with Crippen molar-refractivity contribution >= 4 is 0 Å². The van der Waals surface area contributed by atoms with Crippen LogP contribution in [0, 0.1) is 0 Å². The highest BCUT2D eigenvalue weighted by Crippen LogP contribution is 1.71. The normalized spacial score (nSPS) is 9.43. The quantitative estimate of drug-likeness (QED) is 0.291. The third-order valence-electron chi connectivity index (χ3n) is 0.489. The van der Waals surface area contributed by atoms with Crippen LogP contribution in [0.5, 0.6) is 0 Å². The highest BCUT2D eigenvalue weighted by molar-refractivity contribution is 4.16. The molecular weight excluding hydrogens is 96.0 g/mol. The minimum absolute atomic E-state index is 0.493. The van der Waals surface area contributed by atoms with Crippen LogP contribution in [-0.4, -0.2) is 27.4 Å². The first-order chi connectivity index (χ1) is 3.41. The first kappa shape index (κ1) is 6.88. The first-order valence-corrected chi connectivity index (χ1v) is 2.06. The summed E-state index contributed by atoms with van der Waals surface area (Å²) in [6, 6.07) is 0. The minimum Gasteiger partial charge on any atom is -0.382 e. The Morgan fingerprint density at radius 2 is 1.86 bits per heavy atom. The predicted molar refractivity (Wildman–Crippen MR) is 24.8 cm³/mol. The van der Waals surface area contributed by atoms with E-state index in [1.54, 1.807) is 7.11 Å². The average molecular weight is 106 g/mol. The molecule has 0 radical (unpaired) electrons. The summed E-state index contributed by atoms with van der Waals surface area (Å²) in [6.07, 6.45) is 0. The van der Waals surface area contributed by atoms with Crippen molar-refractivity contribution in [2.24, 2.45) is 0 Å². The van der Waals surface area contributed by atoms with Crippen LogP contribution in [0.3, 0.4) is 0 Å². The van der Waals surface area contributed by atoms with E-state index in [-0.39, 0.29) is 0 Å². The Labute approximate surface area is 43.1 Å². The van der Waals surface area contributed by atoms with E-state index >= 15 is 0 Å². The maximum Gasteiger partial charge on any atom is 0.106 e. The molecule has 0 heterocycles. The molecule has 0 unspecified atom stereocenters. The SMILES string of the molecule is COCCOOC. The Morgan fingerprint density at radius 1 is 1.14 bits per heavy atom. The molecule has 7 heavy (non-hydrogen) atoms. The van der Waals surface area contributed by atoms with Gasteiger partial charge in [0.2, 0.25) is 0 Å². The van der Waals surface area contributed by atoms with Gasteiger partial charge in [0.05, 0.1) is 13.7 Å². The maximum atomic E-state index is 4.64. The summed E-state index contributed by atoms with van der Waals surface area (Å²) in [5.41, 5.74) is 0. The number of rotatable bonds is 4. The predicted octanol–water partition coefficient (Wildman–Crippen LogP) is 0.211. The Morgan fingerprint density at radius 3 is 2.29 bits per heavy atom. The van der Waals surface area contributed by atoms with E-state index in [0.717, 1.165) is 0 Å². The topological polar surface area (TPSA) is 27.7 Å². The van der Waals surface area contributed by atoms with Crippen LogP contribution in [0.4, 0.5) is 0 Å². The smallest absolute Gasteiger partial charge is 0.106 e. The van der Waals surface area contributed by atoms with Gasteiger partial charge >= 0.3 is 0 Å². The molecule has 3 nitrogen and oxygen atoms in total. The number of hydrogen-bond donors (Lipinski definition) is 0. The molecule has 44 valence electrons. The summed E-state index contributed by atoms with van der Waals surface area (Å²) in [7, 11) is 3.08. The molecule has 0 aliphatic carbocycles. The van der Waals surface area contributed by atoms with Gasteiger partial charge in [-0.15, -0.1) is 0 Å². The van der Waals surface area contributed by atoms with E-state index in [9.17, 15) is 0 Å². The second-order valence-corrected chi connectivity index (χ2v) is 0.981. The van der Waals surface area contributed by atoms with E-state index in [0.29, 0.717) is 13.2 Å². The molecule has 0 N–H and O–H groups in total. The molecule has 3 heteroatoms. The summed E-state index contributed by atoms with van der Waals surface area (Å²) in [5.74, 6) is 0. The fourth-order valence-corrected chi connectivity index (χ4v) is 0.201. The van der Waals surface area contributed by atoms with Crippen molar-refractivity contribution in [2.45, 2.75) is 0 Å². The Balaban J connectivity index is 2.45. The van der Waals surface area contributed by atoms with E-state index in [1.165, 1.54) is 7.11 Å². The van der Waals surface area contributed by atoms with Crippen molar-refractivity contribution in [2.75, 3.05) is 27.4 Å². The lowest BCUT2D eigenvalue weighted by molar-refractivity contribution is -0.276. The van der Waals surface area contributed by atoms with Gasteiger partial charge in [-0.05, 0) is 0 Å². The molecule has 0 rings (SSSR count). The van der Waals surface area contributed by atoms with E-state index in [1.807, 2.05) is 0 Å². The molecule has 0 aromatic rings. The van der Waals surface area contributed by atoms with Crippen molar-refractivity contribution in [3.8, 4) is 0 Å². The fraction of sp³-hybridized carbons (Fsp3) is 1.00. The Hall–Kier alpha value is -0.120. The van der Waals surface area contributed by atoms with Crippen LogP contribution in [0.1, 0.15) is 0 Å². The molecule has 0 aromatic carbocycles. The van der Waals surface area contributed by atoms with E-state index in [4.69, 9.17) is 0 Å². The lowest BCUT2D eigenvalue weighted by Crippen LogP contribution is -1.99.